The van der Waals surface area contributed by atoms with Crippen LogP contribution in [0, 0.1) is 0 Å². The Morgan fingerprint density at radius 1 is 1.21 bits per heavy atom. The lowest BCUT2D eigenvalue weighted by atomic mass is 10.2. The highest BCUT2D eigenvalue weighted by Crippen LogP contribution is 2.16. The summed E-state index contributed by atoms with van der Waals surface area (Å²) in [5.74, 6) is -0.832. The number of carbonyl (C=O) groups is 2. The highest BCUT2D eigenvalue weighted by Gasteiger charge is 2.17. The van der Waals surface area contributed by atoms with Gasteiger partial charge in [-0.2, -0.15) is 4.99 Å². The van der Waals surface area contributed by atoms with Crippen molar-refractivity contribution < 1.29 is 14.3 Å². The van der Waals surface area contributed by atoms with Gasteiger partial charge in [0.2, 0.25) is 0 Å². The molecule has 8 heteroatoms. The molecule has 4 aromatic rings. The van der Waals surface area contributed by atoms with E-state index in [0.29, 0.717) is 33.6 Å². The molecule has 0 bridgehead atoms. The number of fused-ring (bicyclic) bond motifs is 1. The maximum absolute atomic E-state index is 12.9. The average Bonchev–Trinajstić information content (AvgIpc) is 3.36. The smallest absolute Gasteiger partial charge is 0.355 e. The summed E-state index contributed by atoms with van der Waals surface area (Å²) in [4.78, 5) is 37.2. The standard InChI is InChI=1S/C21H18N4O3S/c1-2-28-20(27)17-13-29-21(25(17)12-14-6-4-3-5-7-14)24-19(26)16-9-11-23-18-15(16)8-10-22-18/h3-11,13H,2,12H2,1H3,(H,22,23). The van der Waals surface area contributed by atoms with Crippen LogP contribution in [0.3, 0.4) is 0 Å². The fourth-order valence-corrected chi connectivity index (χ4v) is 3.87. The number of aromatic nitrogens is 3. The molecule has 0 fully saturated rings. The van der Waals surface area contributed by atoms with E-state index < -0.39 is 11.9 Å². The first-order chi connectivity index (χ1) is 14.2. The van der Waals surface area contributed by atoms with Crippen LogP contribution in [0.2, 0.25) is 0 Å². The largest absolute Gasteiger partial charge is 0.461 e. The van der Waals surface area contributed by atoms with Gasteiger partial charge in [0.05, 0.1) is 18.7 Å². The summed E-state index contributed by atoms with van der Waals surface area (Å²) < 4.78 is 6.88. The van der Waals surface area contributed by atoms with Crippen molar-refractivity contribution in [3.8, 4) is 0 Å². The Morgan fingerprint density at radius 2 is 2.03 bits per heavy atom. The van der Waals surface area contributed by atoms with E-state index in [2.05, 4.69) is 15.0 Å². The number of rotatable bonds is 5. The summed E-state index contributed by atoms with van der Waals surface area (Å²) in [5.41, 5.74) is 2.44. The topological polar surface area (TPSA) is 89.3 Å². The van der Waals surface area contributed by atoms with Crippen LogP contribution in [-0.2, 0) is 11.3 Å². The van der Waals surface area contributed by atoms with Crippen LogP contribution in [0.15, 0.2) is 65.2 Å². The van der Waals surface area contributed by atoms with Crippen molar-refractivity contribution in [3.63, 3.8) is 0 Å². The van der Waals surface area contributed by atoms with E-state index in [1.54, 1.807) is 41.4 Å². The lowest BCUT2D eigenvalue weighted by molar-refractivity contribution is 0.0513. The van der Waals surface area contributed by atoms with Crippen molar-refractivity contribution in [3.05, 3.63) is 81.9 Å². The molecule has 3 aromatic heterocycles. The number of carbonyl (C=O) groups excluding carboxylic acids is 2. The Balaban J connectivity index is 1.79. The molecule has 0 spiro atoms. The number of esters is 1. The van der Waals surface area contributed by atoms with Gasteiger partial charge in [-0.15, -0.1) is 11.3 Å². The van der Waals surface area contributed by atoms with Gasteiger partial charge in [0.15, 0.2) is 4.80 Å². The van der Waals surface area contributed by atoms with E-state index >= 15 is 0 Å². The van der Waals surface area contributed by atoms with Gasteiger partial charge in [0.1, 0.15) is 11.3 Å². The molecule has 0 saturated carbocycles. The monoisotopic (exact) mass is 406 g/mol. The average molecular weight is 406 g/mol. The zero-order valence-corrected chi connectivity index (χ0v) is 16.5. The summed E-state index contributed by atoms with van der Waals surface area (Å²) in [6.45, 7) is 2.43. The van der Waals surface area contributed by atoms with Crippen molar-refractivity contribution in [2.45, 2.75) is 13.5 Å². The van der Waals surface area contributed by atoms with Crippen molar-refractivity contribution in [1.29, 1.82) is 0 Å². The number of nitrogens with one attached hydrogen (secondary N) is 1. The first-order valence-electron chi connectivity index (χ1n) is 9.08. The molecular weight excluding hydrogens is 388 g/mol. The molecule has 0 atom stereocenters. The van der Waals surface area contributed by atoms with Crippen LogP contribution in [0.4, 0.5) is 0 Å². The number of pyridine rings is 1. The molecule has 4 rings (SSSR count). The maximum Gasteiger partial charge on any atom is 0.355 e. The third-order valence-electron chi connectivity index (χ3n) is 4.35. The second-order valence-electron chi connectivity index (χ2n) is 6.21. The Kier molecular flexibility index (Phi) is 5.35. The van der Waals surface area contributed by atoms with Crippen molar-refractivity contribution in [2.24, 2.45) is 4.99 Å². The molecule has 1 aromatic carbocycles. The molecule has 0 aliphatic carbocycles. The van der Waals surface area contributed by atoms with Gasteiger partial charge in [0, 0.05) is 23.2 Å². The zero-order chi connectivity index (χ0) is 20.2. The van der Waals surface area contributed by atoms with Gasteiger partial charge < -0.3 is 14.3 Å². The van der Waals surface area contributed by atoms with Crippen LogP contribution < -0.4 is 4.80 Å². The van der Waals surface area contributed by atoms with Crippen molar-refractivity contribution in [2.75, 3.05) is 6.61 Å². The Morgan fingerprint density at radius 3 is 2.83 bits per heavy atom. The fraction of sp³-hybridized carbons (Fsp3) is 0.143. The van der Waals surface area contributed by atoms with Gasteiger partial charge in [-0.05, 0) is 24.6 Å². The van der Waals surface area contributed by atoms with E-state index in [9.17, 15) is 9.59 Å². The zero-order valence-electron chi connectivity index (χ0n) is 15.7. The molecule has 0 saturated heterocycles. The van der Waals surface area contributed by atoms with Gasteiger partial charge in [-0.25, -0.2) is 9.78 Å². The summed E-state index contributed by atoms with van der Waals surface area (Å²) in [6.07, 6.45) is 3.30. The second kappa shape index (κ2) is 8.24. The Bertz CT molecular complexity index is 1240. The van der Waals surface area contributed by atoms with Crippen LogP contribution in [0.25, 0.3) is 11.0 Å². The Labute approximate surface area is 170 Å². The van der Waals surface area contributed by atoms with E-state index in [4.69, 9.17) is 4.74 Å². The number of hydrogen-bond donors (Lipinski definition) is 1. The quantitative estimate of drug-likeness (QED) is 0.515. The maximum atomic E-state index is 12.9. The number of hydrogen-bond acceptors (Lipinski definition) is 5. The van der Waals surface area contributed by atoms with E-state index in [1.807, 2.05) is 30.3 Å². The summed E-state index contributed by atoms with van der Waals surface area (Å²) in [6, 6.07) is 13.1. The van der Waals surface area contributed by atoms with Crippen molar-refractivity contribution >= 4 is 34.2 Å². The lowest BCUT2D eigenvalue weighted by Crippen LogP contribution is -2.23. The van der Waals surface area contributed by atoms with Crippen LogP contribution in [-0.4, -0.2) is 33.0 Å². The van der Waals surface area contributed by atoms with Crippen LogP contribution in [0.1, 0.15) is 33.3 Å². The van der Waals surface area contributed by atoms with Gasteiger partial charge in [-0.3, -0.25) is 4.79 Å². The molecule has 0 radical (unpaired) electrons. The normalized spacial score (nSPS) is 11.7. The molecule has 0 aliphatic heterocycles. The number of nitrogens with zero attached hydrogens (tertiary/aromatic N) is 3. The first-order valence-corrected chi connectivity index (χ1v) is 9.96. The molecule has 7 nitrogen and oxygen atoms in total. The number of benzene rings is 1. The van der Waals surface area contributed by atoms with E-state index in [1.165, 1.54) is 11.3 Å². The number of amides is 1. The number of aromatic amines is 1. The molecule has 3 heterocycles. The second-order valence-corrected chi connectivity index (χ2v) is 7.05. The van der Waals surface area contributed by atoms with Gasteiger partial charge in [0.25, 0.3) is 5.91 Å². The minimum absolute atomic E-state index is 0.272. The van der Waals surface area contributed by atoms with Gasteiger partial charge >= 0.3 is 5.97 Å². The number of ether oxygens (including phenoxy) is 1. The van der Waals surface area contributed by atoms with E-state index in [-0.39, 0.29) is 6.61 Å². The van der Waals surface area contributed by atoms with Crippen molar-refractivity contribution in [1.82, 2.24) is 14.5 Å². The SMILES string of the molecule is CCOC(=O)c1csc(=NC(=O)c2ccnc3[nH]ccc23)n1Cc1ccccc1. The highest BCUT2D eigenvalue weighted by atomic mass is 32.1. The lowest BCUT2D eigenvalue weighted by Gasteiger charge is -2.08. The summed E-state index contributed by atoms with van der Waals surface area (Å²) in [7, 11) is 0. The molecule has 0 aliphatic rings. The highest BCUT2D eigenvalue weighted by molar-refractivity contribution is 7.07. The molecule has 146 valence electrons. The van der Waals surface area contributed by atoms with Crippen LogP contribution >= 0.6 is 11.3 Å². The Hall–Kier alpha value is -3.52. The minimum atomic E-state index is -0.439. The predicted octanol–water partition coefficient (Wildman–Crippen LogP) is 3.39. The summed E-state index contributed by atoms with van der Waals surface area (Å²) in [5, 5.41) is 2.38. The third-order valence-corrected chi connectivity index (χ3v) is 5.22. The molecule has 1 N–H and O–H groups in total. The first kappa shape index (κ1) is 18.8. The summed E-state index contributed by atoms with van der Waals surface area (Å²) >= 11 is 1.23. The molecule has 1 amide bonds. The third kappa shape index (κ3) is 3.88. The fourth-order valence-electron chi connectivity index (χ4n) is 3.00. The number of H-pyrrole nitrogens is 1. The molecule has 0 unspecified atom stereocenters. The molecular formula is C21H18N4O3S. The minimum Gasteiger partial charge on any atom is -0.461 e. The van der Waals surface area contributed by atoms with E-state index in [0.717, 1.165) is 5.56 Å². The van der Waals surface area contributed by atoms with Gasteiger partial charge in [-0.1, -0.05) is 30.3 Å². The predicted molar refractivity (Wildman–Crippen MR) is 110 cm³/mol. The number of thiazole rings is 1. The molecule has 29 heavy (non-hydrogen) atoms. The van der Waals surface area contributed by atoms with Crippen LogP contribution in [0.5, 0.6) is 0 Å².